The molecule has 1 heterocycles. The van der Waals surface area contributed by atoms with Crippen molar-refractivity contribution in [3.8, 4) is 0 Å². The smallest absolute Gasteiger partial charge is 0.155 e. The maximum atomic E-state index is 9.53. The summed E-state index contributed by atoms with van der Waals surface area (Å²) >= 11 is 0. The first-order valence-electron chi connectivity index (χ1n) is 5.59. The Morgan fingerprint density at radius 3 is 2.77 bits per heavy atom. The van der Waals surface area contributed by atoms with Crippen molar-refractivity contribution in [2.24, 2.45) is 23.7 Å². The first-order valence-corrected chi connectivity index (χ1v) is 5.59. The van der Waals surface area contributed by atoms with Gasteiger partial charge < -0.3 is 9.84 Å². The highest BCUT2D eigenvalue weighted by Crippen LogP contribution is 2.57. The molecule has 0 aromatic heterocycles. The summed E-state index contributed by atoms with van der Waals surface area (Å²) in [5, 5.41) is 9.53. The molecule has 3 aliphatic rings. The third-order valence-corrected chi connectivity index (χ3v) is 4.55. The predicted octanol–water partition coefficient (Wildman–Crippen LogP) is 1.78. The molecule has 74 valence electrons. The van der Waals surface area contributed by atoms with Gasteiger partial charge in [-0.15, -0.1) is 0 Å². The minimum atomic E-state index is -0.476. The summed E-state index contributed by atoms with van der Waals surface area (Å²) in [6.45, 7) is 2.14. The van der Waals surface area contributed by atoms with Gasteiger partial charge in [-0.05, 0) is 49.9 Å². The lowest BCUT2D eigenvalue weighted by Gasteiger charge is -2.41. The summed E-state index contributed by atoms with van der Waals surface area (Å²) in [6, 6.07) is 0. The molecule has 1 unspecified atom stereocenters. The van der Waals surface area contributed by atoms with E-state index in [1.807, 2.05) is 0 Å². The average Bonchev–Trinajstić information content (AvgIpc) is 2.62. The molecule has 0 amide bonds. The van der Waals surface area contributed by atoms with Crippen LogP contribution in [0.25, 0.3) is 0 Å². The zero-order valence-electron chi connectivity index (χ0n) is 8.15. The molecule has 1 saturated heterocycles. The lowest BCUT2D eigenvalue weighted by molar-refractivity contribution is -0.202. The Labute approximate surface area is 79.3 Å². The second kappa shape index (κ2) is 2.71. The molecule has 2 saturated carbocycles. The molecule has 2 nitrogen and oxygen atoms in total. The summed E-state index contributed by atoms with van der Waals surface area (Å²) in [4.78, 5) is 0. The minimum absolute atomic E-state index is 0.295. The Morgan fingerprint density at radius 2 is 1.92 bits per heavy atom. The molecular weight excluding hydrogens is 164 g/mol. The van der Waals surface area contributed by atoms with E-state index in [1.165, 1.54) is 19.3 Å². The third kappa shape index (κ3) is 1.08. The van der Waals surface area contributed by atoms with Gasteiger partial charge in [0.05, 0.1) is 6.10 Å². The monoisotopic (exact) mass is 182 g/mol. The Hall–Kier alpha value is -0.0800. The van der Waals surface area contributed by atoms with Crippen LogP contribution in [0.1, 0.15) is 32.6 Å². The quantitative estimate of drug-likeness (QED) is 0.618. The molecule has 6 atom stereocenters. The number of hydrogen-bond donors (Lipinski definition) is 1. The Kier molecular flexibility index (Phi) is 1.72. The largest absolute Gasteiger partial charge is 0.368 e. The summed E-state index contributed by atoms with van der Waals surface area (Å²) in [6.07, 6.45) is 4.95. The van der Waals surface area contributed by atoms with E-state index in [1.54, 1.807) is 0 Å². The number of aliphatic hydroxyl groups excluding tert-OH is 1. The number of hydrogen-bond acceptors (Lipinski definition) is 2. The number of ether oxygens (including phenoxy) is 1. The van der Waals surface area contributed by atoms with E-state index in [0.29, 0.717) is 6.10 Å². The molecule has 2 heteroatoms. The fourth-order valence-corrected chi connectivity index (χ4v) is 4.16. The van der Waals surface area contributed by atoms with E-state index < -0.39 is 6.29 Å². The molecule has 0 aromatic carbocycles. The van der Waals surface area contributed by atoms with E-state index in [-0.39, 0.29) is 0 Å². The van der Waals surface area contributed by atoms with Crippen LogP contribution in [-0.2, 0) is 4.74 Å². The predicted molar refractivity (Wildman–Crippen MR) is 49.0 cm³/mol. The van der Waals surface area contributed by atoms with Crippen molar-refractivity contribution in [1.82, 2.24) is 0 Å². The van der Waals surface area contributed by atoms with Crippen molar-refractivity contribution >= 4 is 0 Å². The second-order valence-corrected chi connectivity index (χ2v) is 5.11. The summed E-state index contributed by atoms with van der Waals surface area (Å²) in [5.74, 6) is 3.37. The Bertz CT molecular complexity index is 216. The molecule has 0 spiro atoms. The molecular formula is C11H18O2. The van der Waals surface area contributed by atoms with Crippen molar-refractivity contribution in [3.63, 3.8) is 0 Å². The van der Waals surface area contributed by atoms with Crippen molar-refractivity contribution in [1.29, 1.82) is 0 Å². The SMILES string of the molecule is C[C@@H]1OC(O)C[C@@H]2[C@@H]3CC[C@@H](C3)[C@@H]21. The van der Waals surface area contributed by atoms with Gasteiger partial charge in [-0.25, -0.2) is 0 Å². The Balaban J connectivity index is 1.85. The van der Waals surface area contributed by atoms with Gasteiger partial charge in [0, 0.05) is 6.42 Å². The number of rotatable bonds is 0. The topological polar surface area (TPSA) is 29.5 Å². The first-order chi connectivity index (χ1) is 6.25. The van der Waals surface area contributed by atoms with E-state index in [9.17, 15) is 5.11 Å². The normalized spacial score (nSPS) is 59.5. The lowest BCUT2D eigenvalue weighted by atomic mass is 9.73. The minimum Gasteiger partial charge on any atom is -0.368 e. The van der Waals surface area contributed by atoms with Crippen molar-refractivity contribution in [2.45, 2.75) is 45.0 Å². The van der Waals surface area contributed by atoms with Crippen molar-refractivity contribution in [3.05, 3.63) is 0 Å². The van der Waals surface area contributed by atoms with Crippen LogP contribution in [-0.4, -0.2) is 17.5 Å². The van der Waals surface area contributed by atoms with E-state index in [4.69, 9.17) is 4.74 Å². The standard InChI is InChI=1S/C11H18O2/c1-6-11-8-3-2-7(4-8)9(11)5-10(12)13-6/h6-12H,2-5H2,1H3/t6-,7+,8-,9+,10?,11-/m0/s1. The highest BCUT2D eigenvalue weighted by Gasteiger charge is 2.52. The van der Waals surface area contributed by atoms with Crippen LogP contribution in [0.4, 0.5) is 0 Å². The van der Waals surface area contributed by atoms with Gasteiger partial charge in [0.15, 0.2) is 6.29 Å². The van der Waals surface area contributed by atoms with Crippen LogP contribution in [0.5, 0.6) is 0 Å². The molecule has 2 bridgehead atoms. The average molecular weight is 182 g/mol. The van der Waals surface area contributed by atoms with Gasteiger partial charge in [-0.1, -0.05) is 0 Å². The maximum absolute atomic E-state index is 9.53. The molecule has 3 fully saturated rings. The van der Waals surface area contributed by atoms with Gasteiger partial charge in [0.2, 0.25) is 0 Å². The second-order valence-electron chi connectivity index (χ2n) is 5.11. The number of fused-ring (bicyclic) bond motifs is 5. The molecule has 1 N–H and O–H groups in total. The van der Waals surface area contributed by atoms with Gasteiger partial charge in [0.25, 0.3) is 0 Å². The molecule has 3 rings (SSSR count). The van der Waals surface area contributed by atoms with E-state index in [0.717, 1.165) is 30.1 Å². The van der Waals surface area contributed by atoms with Gasteiger partial charge >= 0.3 is 0 Å². The highest BCUT2D eigenvalue weighted by atomic mass is 16.6. The van der Waals surface area contributed by atoms with Crippen LogP contribution >= 0.6 is 0 Å². The van der Waals surface area contributed by atoms with Crippen molar-refractivity contribution in [2.75, 3.05) is 0 Å². The summed E-state index contributed by atoms with van der Waals surface area (Å²) in [5.41, 5.74) is 0. The van der Waals surface area contributed by atoms with Gasteiger partial charge in [-0.2, -0.15) is 0 Å². The highest BCUT2D eigenvalue weighted by molar-refractivity contribution is 5.00. The van der Waals surface area contributed by atoms with Gasteiger partial charge in [-0.3, -0.25) is 0 Å². The van der Waals surface area contributed by atoms with Crippen LogP contribution in [0, 0.1) is 23.7 Å². The van der Waals surface area contributed by atoms with Crippen molar-refractivity contribution < 1.29 is 9.84 Å². The van der Waals surface area contributed by atoms with Crippen LogP contribution in [0.2, 0.25) is 0 Å². The number of aliphatic hydroxyl groups is 1. The fraction of sp³-hybridized carbons (Fsp3) is 1.00. The molecule has 1 aliphatic heterocycles. The van der Waals surface area contributed by atoms with Crippen LogP contribution < -0.4 is 0 Å². The molecule has 2 aliphatic carbocycles. The first kappa shape index (κ1) is 8.25. The zero-order valence-corrected chi connectivity index (χ0v) is 8.15. The van der Waals surface area contributed by atoms with Gasteiger partial charge in [0.1, 0.15) is 0 Å². The van der Waals surface area contributed by atoms with E-state index in [2.05, 4.69) is 6.92 Å². The summed E-state index contributed by atoms with van der Waals surface area (Å²) in [7, 11) is 0. The fourth-order valence-electron chi connectivity index (χ4n) is 4.16. The maximum Gasteiger partial charge on any atom is 0.155 e. The van der Waals surface area contributed by atoms with E-state index >= 15 is 0 Å². The molecule has 13 heavy (non-hydrogen) atoms. The zero-order chi connectivity index (χ0) is 9.00. The third-order valence-electron chi connectivity index (χ3n) is 4.55. The van der Waals surface area contributed by atoms with Crippen LogP contribution in [0.15, 0.2) is 0 Å². The summed E-state index contributed by atoms with van der Waals surface area (Å²) < 4.78 is 5.51. The molecule has 0 radical (unpaired) electrons. The lowest BCUT2D eigenvalue weighted by Crippen LogP contribution is -2.42. The Morgan fingerprint density at radius 1 is 1.15 bits per heavy atom. The van der Waals surface area contributed by atoms with Crippen LogP contribution in [0.3, 0.4) is 0 Å². The molecule has 0 aromatic rings.